The van der Waals surface area contributed by atoms with Crippen molar-refractivity contribution >= 4 is 39.5 Å². The minimum Gasteiger partial charge on any atom is -0.462 e. The monoisotopic (exact) mass is 1440 g/mol. The molecule has 98 heavy (non-hydrogen) atoms. The van der Waals surface area contributed by atoms with E-state index in [-0.39, 0.29) is 25.7 Å². The molecule has 0 heterocycles. The highest BCUT2D eigenvalue weighted by Gasteiger charge is 2.30. The average Bonchev–Trinajstić information content (AvgIpc) is 1.12. The van der Waals surface area contributed by atoms with Gasteiger partial charge in [-0.2, -0.15) is 0 Å². The molecule has 6 atom stereocenters. The molecule has 3 unspecified atom stereocenters. The Labute approximate surface area is 600 Å². The van der Waals surface area contributed by atoms with Crippen molar-refractivity contribution < 1.29 is 80.2 Å². The lowest BCUT2D eigenvalue weighted by atomic mass is 9.99. The van der Waals surface area contributed by atoms with Crippen LogP contribution in [0.15, 0.2) is 0 Å². The summed E-state index contributed by atoms with van der Waals surface area (Å²) in [5, 5.41) is 10.6. The number of carbonyl (C=O) groups excluding carboxylic acids is 4. The highest BCUT2D eigenvalue weighted by atomic mass is 31.2. The number of esters is 4. The van der Waals surface area contributed by atoms with Crippen molar-refractivity contribution in [2.75, 3.05) is 39.6 Å². The predicted octanol–water partition coefficient (Wildman–Crippen LogP) is 23.6. The third-order valence-electron chi connectivity index (χ3n) is 18.9. The van der Waals surface area contributed by atoms with Gasteiger partial charge in [-0.25, -0.2) is 9.13 Å². The summed E-state index contributed by atoms with van der Waals surface area (Å²) in [6, 6.07) is 0. The van der Waals surface area contributed by atoms with Gasteiger partial charge in [0.25, 0.3) is 0 Å². The Morgan fingerprint density at radius 1 is 0.286 bits per heavy atom. The fourth-order valence-corrected chi connectivity index (χ4v) is 13.8. The number of phosphoric acid groups is 2. The normalized spacial score (nSPS) is 14.2. The molecule has 0 aromatic carbocycles. The minimum absolute atomic E-state index is 0.106. The summed E-state index contributed by atoms with van der Waals surface area (Å²) in [6.45, 7) is 7.31. The van der Waals surface area contributed by atoms with E-state index in [1.807, 2.05) is 0 Å². The topological polar surface area (TPSA) is 237 Å². The van der Waals surface area contributed by atoms with E-state index in [1.54, 1.807) is 0 Å². The van der Waals surface area contributed by atoms with Crippen molar-refractivity contribution in [3.63, 3.8) is 0 Å². The van der Waals surface area contributed by atoms with Crippen LogP contribution in [-0.4, -0.2) is 96.7 Å². The van der Waals surface area contributed by atoms with Gasteiger partial charge in [-0.3, -0.25) is 37.3 Å². The zero-order chi connectivity index (χ0) is 71.9. The molecule has 0 rings (SSSR count). The lowest BCUT2D eigenvalue weighted by molar-refractivity contribution is -0.161. The molecule has 0 spiro atoms. The molecule has 0 radical (unpaired) electrons. The van der Waals surface area contributed by atoms with Gasteiger partial charge in [-0.05, 0) is 31.6 Å². The lowest BCUT2D eigenvalue weighted by Crippen LogP contribution is -2.30. The van der Waals surface area contributed by atoms with Gasteiger partial charge in [0.1, 0.15) is 19.3 Å². The lowest BCUT2D eigenvalue weighted by Gasteiger charge is -2.21. The van der Waals surface area contributed by atoms with E-state index in [1.165, 1.54) is 231 Å². The second-order valence-electron chi connectivity index (χ2n) is 28.7. The number of aliphatic hydroxyl groups excluding tert-OH is 1. The SMILES string of the molecule is CCCCCCCCCCCCCCCCCCCCCCC(=O)OC[C@H](COP(=O)(O)OC[C@@H](O)COP(=O)(O)OC[C@@H](COC(=O)CCCCCCCCC)OC(=O)CCCCCCCCCCC)OC(=O)CCCCCCCCCCCCCCCCCCCCC(C)CC. The standard InChI is InChI=1S/C79H154O17P2/c1-6-10-13-16-19-21-22-23-24-25-26-27-31-34-37-40-44-48-53-58-63-77(82)90-69-75(96-79(84)65-60-55-50-45-41-38-35-32-29-28-30-33-36-39-43-47-51-56-61-72(5)9-4)71-94-98(87,88)92-67-73(80)66-91-97(85,86)93-70-74(68-89-76(81)62-57-52-46-18-15-12-8-3)95-78(83)64-59-54-49-42-20-17-14-11-7-2/h72-75,80H,6-71H2,1-5H3,(H,85,86)(H,87,88)/t72?,73-,74+,75+/m0/s1. The Bertz CT molecular complexity index is 1880. The summed E-state index contributed by atoms with van der Waals surface area (Å²) in [4.78, 5) is 72.6. The number of aliphatic hydroxyl groups is 1. The molecule has 0 bridgehead atoms. The number of hydrogen-bond donors (Lipinski definition) is 3. The summed E-state index contributed by atoms with van der Waals surface area (Å²) in [6.07, 6.45) is 62.8. The molecule has 0 fully saturated rings. The fourth-order valence-electron chi connectivity index (χ4n) is 12.2. The summed E-state index contributed by atoms with van der Waals surface area (Å²) in [5.41, 5.74) is 0. The van der Waals surface area contributed by atoms with Crippen LogP contribution in [0.2, 0.25) is 0 Å². The molecule has 0 aromatic heterocycles. The van der Waals surface area contributed by atoms with Gasteiger partial charge in [0.2, 0.25) is 0 Å². The van der Waals surface area contributed by atoms with E-state index in [9.17, 15) is 43.2 Å². The zero-order valence-corrected chi connectivity index (χ0v) is 65.7. The molecule has 0 aliphatic carbocycles. The molecule has 582 valence electrons. The Hall–Kier alpha value is -1.94. The van der Waals surface area contributed by atoms with E-state index >= 15 is 0 Å². The van der Waals surface area contributed by atoms with Crippen molar-refractivity contribution in [1.82, 2.24) is 0 Å². The summed E-state index contributed by atoms with van der Waals surface area (Å²) >= 11 is 0. The fraction of sp³-hybridized carbons (Fsp3) is 0.949. The van der Waals surface area contributed by atoms with E-state index < -0.39 is 97.5 Å². The largest absolute Gasteiger partial charge is 0.472 e. The maximum absolute atomic E-state index is 13.1. The molecular weight excluding hydrogens is 1280 g/mol. The zero-order valence-electron chi connectivity index (χ0n) is 63.9. The van der Waals surface area contributed by atoms with Crippen molar-refractivity contribution in [3.05, 3.63) is 0 Å². The Morgan fingerprint density at radius 2 is 0.490 bits per heavy atom. The van der Waals surface area contributed by atoms with Crippen molar-refractivity contribution in [1.29, 1.82) is 0 Å². The first-order valence-electron chi connectivity index (χ1n) is 41.2. The van der Waals surface area contributed by atoms with Crippen LogP contribution in [0.25, 0.3) is 0 Å². The number of unbranched alkanes of at least 4 members (excludes halogenated alkanes) is 50. The van der Waals surface area contributed by atoms with Crippen molar-refractivity contribution in [2.24, 2.45) is 5.92 Å². The molecule has 0 saturated heterocycles. The summed E-state index contributed by atoms with van der Waals surface area (Å²) in [7, 11) is -9.90. The Morgan fingerprint density at radius 3 is 0.724 bits per heavy atom. The number of carbonyl (C=O) groups is 4. The first-order valence-corrected chi connectivity index (χ1v) is 44.2. The number of phosphoric ester groups is 2. The van der Waals surface area contributed by atoms with E-state index in [4.69, 9.17) is 37.0 Å². The second-order valence-corrected chi connectivity index (χ2v) is 31.6. The van der Waals surface area contributed by atoms with Gasteiger partial charge >= 0.3 is 39.5 Å². The molecule has 0 amide bonds. The first kappa shape index (κ1) is 96.1. The quantitative estimate of drug-likeness (QED) is 0.0222. The first-order chi connectivity index (χ1) is 47.6. The molecule has 0 aliphatic heterocycles. The van der Waals surface area contributed by atoms with Gasteiger partial charge in [0.05, 0.1) is 26.4 Å². The van der Waals surface area contributed by atoms with Crippen molar-refractivity contribution in [2.45, 2.75) is 438 Å². The molecule has 19 heteroatoms. The van der Waals surface area contributed by atoms with Crippen LogP contribution in [0.1, 0.15) is 420 Å². The summed E-state index contributed by atoms with van der Waals surface area (Å²) < 4.78 is 68.4. The Balaban J connectivity index is 5.12. The van der Waals surface area contributed by atoms with Gasteiger partial charge in [-0.1, -0.05) is 369 Å². The van der Waals surface area contributed by atoms with Gasteiger partial charge in [0, 0.05) is 25.7 Å². The number of hydrogen-bond acceptors (Lipinski definition) is 15. The average molecular weight is 1440 g/mol. The van der Waals surface area contributed by atoms with Crippen LogP contribution < -0.4 is 0 Å². The van der Waals surface area contributed by atoms with Crippen LogP contribution in [0.5, 0.6) is 0 Å². The van der Waals surface area contributed by atoms with Crippen LogP contribution >= 0.6 is 15.6 Å². The number of rotatable bonds is 79. The van der Waals surface area contributed by atoms with E-state index in [2.05, 4.69) is 34.6 Å². The highest BCUT2D eigenvalue weighted by Crippen LogP contribution is 2.45. The maximum atomic E-state index is 13.1. The minimum atomic E-state index is -4.96. The molecule has 17 nitrogen and oxygen atoms in total. The summed E-state index contributed by atoms with van der Waals surface area (Å²) in [5.74, 6) is -1.25. The highest BCUT2D eigenvalue weighted by molar-refractivity contribution is 7.47. The van der Waals surface area contributed by atoms with Crippen molar-refractivity contribution in [3.8, 4) is 0 Å². The molecule has 0 aliphatic rings. The van der Waals surface area contributed by atoms with E-state index in [0.717, 1.165) is 109 Å². The van der Waals surface area contributed by atoms with Gasteiger partial charge in [0.15, 0.2) is 12.2 Å². The van der Waals surface area contributed by atoms with Crippen LogP contribution in [0.4, 0.5) is 0 Å². The predicted molar refractivity (Wildman–Crippen MR) is 400 cm³/mol. The maximum Gasteiger partial charge on any atom is 0.472 e. The van der Waals surface area contributed by atoms with Crippen LogP contribution in [0.3, 0.4) is 0 Å². The van der Waals surface area contributed by atoms with E-state index in [0.29, 0.717) is 25.7 Å². The molecule has 3 N–H and O–H groups in total. The second kappa shape index (κ2) is 72.0. The van der Waals surface area contributed by atoms with Crippen LogP contribution in [0, 0.1) is 5.92 Å². The molecular formula is C79H154O17P2. The smallest absolute Gasteiger partial charge is 0.462 e. The Kier molecular flexibility index (Phi) is 70.6. The molecule has 0 aromatic rings. The number of ether oxygens (including phenoxy) is 4. The molecule has 0 saturated carbocycles. The van der Waals surface area contributed by atoms with Crippen LogP contribution in [-0.2, 0) is 65.4 Å². The third kappa shape index (κ3) is 71.1. The third-order valence-corrected chi connectivity index (χ3v) is 20.8. The van der Waals surface area contributed by atoms with Gasteiger partial charge in [-0.15, -0.1) is 0 Å². The van der Waals surface area contributed by atoms with Gasteiger partial charge < -0.3 is 33.8 Å².